The van der Waals surface area contributed by atoms with Crippen LogP contribution in [0.4, 0.5) is 0 Å². The van der Waals surface area contributed by atoms with Gasteiger partial charge in [0.25, 0.3) is 0 Å². The second kappa shape index (κ2) is 4.13. The van der Waals surface area contributed by atoms with E-state index < -0.39 is 5.97 Å². The van der Waals surface area contributed by atoms with Gasteiger partial charge in [-0.3, -0.25) is 0 Å². The zero-order valence-corrected chi connectivity index (χ0v) is 7.55. The fourth-order valence-electron chi connectivity index (χ4n) is 0.553. The third kappa shape index (κ3) is 2.24. The number of aryl methyl sites for hydroxylation is 1. The highest BCUT2D eigenvalue weighted by molar-refractivity contribution is 7.13. The van der Waals surface area contributed by atoms with E-state index >= 15 is 0 Å². The molecule has 1 aromatic rings. The summed E-state index contributed by atoms with van der Waals surface area (Å²) < 4.78 is 9.19. The summed E-state index contributed by atoms with van der Waals surface area (Å²) in [4.78, 5) is 11.0. The van der Waals surface area contributed by atoms with Crippen LogP contribution in [0.5, 0.6) is 0 Å². The van der Waals surface area contributed by atoms with Gasteiger partial charge in [0.05, 0.1) is 0 Å². The predicted molar refractivity (Wildman–Crippen MR) is 41.9 cm³/mol. The first-order valence-electron chi connectivity index (χ1n) is 3.20. The third-order valence-corrected chi connectivity index (χ3v) is 1.83. The normalized spacial score (nSPS) is 9.83. The van der Waals surface area contributed by atoms with Gasteiger partial charge in [0.2, 0.25) is 5.01 Å². The predicted octanol–water partition coefficient (Wildman–Crippen LogP) is 0.607. The molecule has 1 heterocycles. The Kier molecular flexibility index (Phi) is 3.12. The van der Waals surface area contributed by atoms with Crippen LogP contribution < -0.4 is 0 Å². The summed E-state index contributed by atoms with van der Waals surface area (Å²) in [6.07, 6.45) is 0. The molecule has 0 amide bonds. The van der Waals surface area contributed by atoms with Crippen molar-refractivity contribution in [3.8, 4) is 0 Å². The van der Waals surface area contributed by atoms with Gasteiger partial charge in [0.15, 0.2) is 6.79 Å². The topological polar surface area (TPSA) is 61.3 Å². The molecule has 5 nitrogen and oxygen atoms in total. The van der Waals surface area contributed by atoms with Crippen LogP contribution in [0.25, 0.3) is 0 Å². The summed E-state index contributed by atoms with van der Waals surface area (Å²) in [5.41, 5.74) is 0. The summed E-state index contributed by atoms with van der Waals surface area (Å²) in [6, 6.07) is 0. The lowest BCUT2D eigenvalue weighted by Gasteiger charge is -1.97. The van der Waals surface area contributed by atoms with Crippen molar-refractivity contribution < 1.29 is 14.3 Å². The number of methoxy groups -OCH3 is 1. The van der Waals surface area contributed by atoms with Gasteiger partial charge in [0.1, 0.15) is 5.01 Å². The van der Waals surface area contributed by atoms with Crippen LogP contribution in [-0.2, 0) is 9.47 Å². The number of esters is 1. The van der Waals surface area contributed by atoms with Gasteiger partial charge >= 0.3 is 5.97 Å². The Morgan fingerprint density at radius 1 is 1.58 bits per heavy atom. The molecule has 0 spiro atoms. The van der Waals surface area contributed by atoms with Gasteiger partial charge in [-0.05, 0) is 6.92 Å². The maximum atomic E-state index is 11.0. The van der Waals surface area contributed by atoms with E-state index in [4.69, 9.17) is 0 Å². The van der Waals surface area contributed by atoms with Crippen LogP contribution in [0, 0.1) is 6.92 Å². The highest BCUT2D eigenvalue weighted by atomic mass is 32.1. The number of nitrogens with zero attached hydrogens (tertiary/aromatic N) is 2. The van der Waals surface area contributed by atoms with Gasteiger partial charge in [-0.15, -0.1) is 10.2 Å². The number of carbonyl (C=O) groups is 1. The molecule has 0 aliphatic heterocycles. The largest absolute Gasteiger partial charge is 0.433 e. The van der Waals surface area contributed by atoms with Gasteiger partial charge < -0.3 is 9.47 Å². The molecular weight excluding hydrogens is 180 g/mol. The Labute approximate surface area is 73.3 Å². The molecule has 0 fully saturated rings. The van der Waals surface area contributed by atoms with Crippen molar-refractivity contribution in [2.75, 3.05) is 13.9 Å². The Hall–Kier alpha value is -1.01. The molecule has 1 rings (SSSR count). The SMILES string of the molecule is COCOC(=O)c1nnc(C)s1. The van der Waals surface area contributed by atoms with Crippen molar-refractivity contribution in [3.63, 3.8) is 0 Å². The zero-order chi connectivity index (χ0) is 8.97. The summed E-state index contributed by atoms with van der Waals surface area (Å²) in [6.45, 7) is 1.71. The van der Waals surface area contributed by atoms with Crippen molar-refractivity contribution >= 4 is 17.3 Å². The molecule has 1 aromatic heterocycles. The summed E-state index contributed by atoms with van der Waals surface area (Å²) >= 11 is 1.19. The van der Waals surface area contributed by atoms with Crippen LogP contribution in [0.3, 0.4) is 0 Å². The molecule has 0 aliphatic rings. The number of aromatic nitrogens is 2. The molecule has 12 heavy (non-hydrogen) atoms. The van der Waals surface area contributed by atoms with Crippen LogP contribution in [0.15, 0.2) is 0 Å². The Morgan fingerprint density at radius 3 is 2.83 bits per heavy atom. The van der Waals surface area contributed by atoms with Crippen LogP contribution in [0.1, 0.15) is 14.8 Å². The van der Waals surface area contributed by atoms with E-state index in [2.05, 4.69) is 19.7 Å². The Morgan fingerprint density at radius 2 is 2.33 bits per heavy atom. The molecule has 0 aromatic carbocycles. The van der Waals surface area contributed by atoms with E-state index in [1.165, 1.54) is 18.4 Å². The van der Waals surface area contributed by atoms with Crippen molar-refractivity contribution in [2.45, 2.75) is 6.92 Å². The summed E-state index contributed by atoms with van der Waals surface area (Å²) in [5, 5.41) is 8.27. The Bertz CT molecular complexity index is 274. The van der Waals surface area contributed by atoms with Crippen LogP contribution in [0.2, 0.25) is 0 Å². The van der Waals surface area contributed by atoms with Gasteiger partial charge in [-0.25, -0.2) is 4.79 Å². The van der Waals surface area contributed by atoms with Crippen molar-refractivity contribution in [1.82, 2.24) is 10.2 Å². The highest BCUT2D eigenvalue weighted by Crippen LogP contribution is 2.08. The van der Waals surface area contributed by atoms with E-state index in [9.17, 15) is 4.79 Å². The zero-order valence-electron chi connectivity index (χ0n) is 6.73. The maximum absolute atomic E-state index is 11.0. The summed E-state index contributed by atoms with van der Waals surface area (Å²) in [7, 11) is 1.44. The Balaban J connectivity index is 2.53. The fourth-order valence-corrected chi connectivity index (χ4v) is 1.14. The maximum Gasteiger partial charge on any atom is 0.371 e. The van der Waals surface area contributed by atoms with Gasteiger partial charge in [-0.2, -0.15) is 0 Å². The lowest BCUT2D eigenvalue weighted by atomic mass is 10.7. The average Bonchev–Trinajstić information content (AvgIpc) is 2.47. The third-order valence-electron chi connectivity index (χ3n) is 1.01. The first kappa shape index (κ1) is 9.08. The highest BCUT2D eigenvalue weighted by Gasteiger charge is 2.11. The molecule has 0 saturated carbocycles. The molecular formula is C6H8N2O3S. The molecule has 0 aliphatic carbocycles. The van der Waals surface area contributed by atoms with Crippen LogP contribution in [-0.4, -0.2) is 30.1 Å². The lowest BCUT2D eigenvalue weighted by molar-refractivity contribution is -0.0125. The van der Waals surface area contributed by atoms with Crippen molar-refractivity contribution in [2.24, 2.45) is 0 Å². The standard InChI is InChI=1S/C6H8N2O3S/c1-4-7-8-5(12-4)6(9)11-3-10-2/h3H2,1-2H3. The molecule has 6 heteroatoms. The minimum Gasteiger partial charge on any atom is -0.433 e. The minimum atomic E-state index is -0.498. The average molecular weight is 188 g/mol. The second-order valence-electron chi connectivity index (χ2n) is 1.96. The van der Waals surface area contributed by atoms with Gasteiger partial charge in [-0.1, -0.05) is 11.3 Å². The second-order valence-corrected chi connectivity index (χ2v) is 3.15. The fraction of sp³-hybridized carbons (Fsp3) is 0.500. The molecule has 66 valence electrons. The van der Waals surface area contributed by atoms with E-state index in [1.54, 1.807) is 6.92 Å². The van der Waals surface area contributed by atoms with Crippen molar-refractivity contribution in [3.05, 3.63) is 10.0 Å². The molecule has 0 saturated heterocycles. The van der Waals surface area contributed by atoms with E-state index in [0.29, 0.717) is 0 Å². The van der Waals surface area contributed by atoms with E-state index in [1.807, 2.05) is 0 Å². The monoisotopic (exact) mass is 188 g/mol. The molecule has 0 bridgehead atoms. The lowest BCUT2D eigenvalue weighted by Crippen LogP contribution is -2.06. The number of ether oxygens (including phenoxy) is 2. The molecule has 0 atom stereocenters. The first-order valence-corrected chi connectivity index (χ1v) is 4.02. The number of hydrogen-bond acceptors (Lipinski definition) is 6. The first-order chi connectivity index (χ1) is 5.74. The minimum absolute atomic E-state index is 0.0581. The number of carbonyl (C=O) groups excluding carboxylic acids is 1. The van der Waals surface area contributed by atoms with Gasteiger partial charge in [0, 0.05) is 7.11 Å². The molecule has 0 unspecified atom stereocenters. The van der Waals surface area contributed by atoms with E-state index in [0.717, 1.165) is 5.01 Å². The number of rotatable bonds is 3. The molecule has 0 radical (unpaired) electrons. The van der Waals surface area contributed by atoms with E-state index in [-0.39, 0.29) is 11.8 Å². The van der Waals surface area contributed by atoms with Crippen LogP contribution >= 0.6 is 11.3 Å². The number of hydrogen-bond donors (Lipinski definition) is 0. The quantitative estimate of drug-likeness (QED) is 0.513. The summed E-state index contributed by atoms with van der Waals surface area (Å²) in [5.74, 6) is -0.498. The smallest absolute Gasteiger partial charge is 0.371 e. The molecule has 0 N–H and O–H groups in total. The van der Waals surface area contributed by atoms with Crippen molar-refractivity contribution in [1.29, 1.82) is 0 Å².